The Morgan fingerprint density at radius 3 is 1.76 bits per heavy atom. The zero-order valence-corrected chi connectivity index (χ0v) is 16.5. The molecule has 0 saturated carbocycles. The van der Waals surface area contributed by atoms with Crippen LogP contribution >= 0.6 is 0 Å². The smallest absolute Gasteiger partial charge is 0.220 e. The minimum Gasteiger partial charge on any atom is -0.354 e. The van der Waals surface area contributed by atoms with Gasteiger partial charge in [0.1, 0.15) is 5.78 Å². The fourth-order valence-corrected chi connectivity index (χ4v) is 2.34. The Balaban J connectivity index is 4.53. The first-order valence-electron chi connectivity index (χ1n) is 9.19. The lowest BCUT2D eigenvalue weighted by Gasteiger charge is -2.20. The molecular weight excluding hydrogens is 320 g/mol. The Labute approximate surface area is 151 Å². The minimum absolute atomic E-state index is 0.0298. The summed E-state index contributed by atoms with van der Waals surface area (Å²) in [7, 11) is 0. The lowest BCUT2D eigenvalue weighted by atomic mass is 9.97. The topological polar surface area (TPSA) is 92.3 Å². The number of hydrogen-bond donors (Lipinski definition) is 2. The molecule has 0 saturated heterocycles. The molecule has 0 rings (SSSR count). The fourth-order valence-electron chi connectivity index (χ4n) is 2.34. The van der Waals surface area contributed by atoms with Crippen LogP contribution in [0.25, 0.3) is 0 Å². The quantitative estimate of drug-likeness (QED) is 0.563. The van der Waals surface area contributed by atoms with Crippen molar-refractivity contribution in [1.82, 2.24) is 10.6 Å². The Morgan fingerprint density at radius 2 is 1.28 bits per heavy atom. The highest BCUT2D eigenvalue weighted by molar-refractivity contribution is 5.91. The molecule has 0 aromatic rings. The maximum atomic E-state index is 12.3. The molecule has 6 nitrogen and oxygen atoms in total. The van der Waals surface area contributed by atoms with E-state index in [1.807, 2.05) is 27.7 Å². The van der Waals surface area contributed by atoms with Gasteiger partial charge in [0.15, 0.2) is 5.78 Å². The van der Waals surface area contributed by atoms with Gasteiger partial charge >= 0.3 is 0 Å². The van der Waals surface area contributed by atoms with Crippen molar-refractivity contribution in [3.63, 3.8) is 0 Å². The van der Waals surface area contributed by atoms with Gasteiger partial charge in [-0.1, -0.05) is 27.7 Å². The average Bonchev–Trinajstić information content (AvgIpc) is 2.49. The SMILES string of the molecule is CC(C)NC(=O)CCC(NC(=O)CCCC(=O)C(C)C)C(=O)C(C)C. The maximum absolute atomic E-state index is 12.3. The fraction of sp³-hybridized carbons (Fsp3) is 0.789. The van der Waals surface area contributed by atoms with Crippen molar-refractivity contribution in [1.29, 1.82) is 0 Å². The van der Waals surface area contributed by atoms with Crippen molar-refractivity contribution >= 4 is 23.4 Å². The van der Waals surface area contributed by atoms with Gasteiger partial charge < -0.3 is 10.6 Å². The maximum Gasteiger partial charge on any atom is 0.220 e. The van der Waals surface area contributed by atoms with Crippen molar-refractivity contribution in [3.8, 4) is 0 Å². The second-order valence-electron chi connectivity index (χ2n) is 7.41. The van der Waals surface area contributed by atoms with Crippen LogP contribution in [-0.4, -0.2) is 35.5 Å². The van der Waals surface area contributed by atoms with E-state index in [1.54, 1.807) is 13.8 Å². The standard InChI is InChI=1S/C19H34N2O4/c1-12(2)16(22)8-7-9-17(23)21-15(19(25)13(3)4)10-11-18(24)20-14(5)6/h12-15H,7-11H2,1-6H3,(H,20,24)(H,21,23). The molecule has 0 fully saturated rings. The molecule has 0 aliphatic rings. The number of ketones is 2. The number of nitrogens with one attached hydrogen (secondary N) is 2. The first-order valence-corrected chi connectivity index (χ1v) is 9.19. The van der Waals surface area contributed by atoms with E-state index in [9.17, 15) is 19.2 Å². The van der Waals surface area contributed by atoms with E-state index in [0.717, 1.165) is 0 Å². The van der Waals surface area contributed by atoms with Crippen LogP contribution in [0.4, 0.5) is 0 Å². The predicted molar refractivity (Wildman–Crippen MR) is 98.0 cm³/mol. The van der Waals surface area contributed by atoms with E-state index in [-0.39, 0.29) is 60.5 Å². The zero-order valence-electron chi connectivity index (χ0n) is 16.5. The number of carbonyl (C=O) groups excluding carboxylic acids is 4. The van der Waals surface area contributed by atoms with Gasteiger partial charge in [-0.2, -0.15) is 0 Å². The molecule has 0 spiro atoms. The molecule has 2 N–H and O–H groups in total. The van der Waals surface area contributed by atoms with E-state index in [2.05, 4.69) is 10.6 Å². The van der Waals surface area contributed by atoms with Gasteiger partial charge in [0.25, 0.3) is 0 Å². The van der Waals surface area contributed by atoms with E-state index >= 15 is 0 Å². The molecule has 2 amide bonds. The second kappa shape index (κ2) is 11.8. The summed E-state index contributed by atoms with van der Waals surface area (Å²) < 4.78 is 0. The highest BCUT2D eigenvalue weighted by Crippen LogP contribution is 2.09. The van der Waals surface area contributed by atoms with Crippen LogP contribution in [0, 0.1) is 11.8 Å². The Morgan fingerprint density at radius 1 is 0.720 bits per heavy atom. The molecule has 0 radical (unpaired) electrons. The van der Waals surface area contributed by atoms with Crippen LogP contribution in [-0.2, 0) is 19.2 Å². The van der Waals surface area contributed by atoms with Crippen LogP contribution in [0.1, 0.15) is 73.6 Å². The molecular formula is C19H34N2O4. The second-order valence-corrected chi connectivity index (χ2v) is 7.41. The van der Waals surface area contributed by atoms with E-state index < -0.39 is 6.04 Å². The van der Waals surface area contributed by atoms with Crippen molar-refractivity contribution in [2.45, 2.75) is 85.7 Å². The molecule has 1 unspecified atom stereocenters. The highest BCUT2D eigenvalue weighted by atomic mass is 16.2. The van der Waals surface area contributed by atoms with Gasteiger partial charge in [-0.3, -0.25) is 19.2 Å². The average molecular weight is 354 g/mol. The number of Topliss-reactive ketones (excluding diaryl/α,β-unsaturated/α-hetero) is 2. The van der Waals surface area contributed by atoms with Crippen molar-refractivity contribution in [2.75, 3.05) is 0 Å². The molecule has 0 aliphatic heterocycles. The summed E-state index contributed by atoms with van der Waals surface area (Å²) in [4.78, 5) is 47.7. The van der Waals surface area contributed by atoms with Crippen LogP contribution in [0.2, 0.25) is 0 Å². The van der Waals surface area contributed by atoms with E-state index in [0.29, 0.717) is 12.8 Å². The van der Waals surface area contributed by atoms with Crippen LogP contribution < -0.4 is 10.6 Å². The first-order chi connectivity index (χ1) is 11.5. The Bertz CT molecular complexity index is 470. The molecule has 0 aliphatic carbocycles. The zero-order chi connectivity index (χ0) is 19.6. The summed E-state index contributed by atoms with van der Waals surface area (Å²) in [6.45, 7) is 11.0. The van der Waals surface area contributed by atoms with Gasteiger partial charge in [0, 0.05) is 37.1 Å². The number of carbonyl (C=O) groups is 4. The summed E-state index contributed by atoms with van der Waals surface area (Å²) in [5.74, 6) is -0.580. The lowest BCUT2D eigenvalue weighted by Crippen LogP contribution is -2.43. The summed E-state index contributed by atoms with van der Waals surface area (Å²) in [6.07, 6.45) is 1.52. The predicted octanol–water partition coefficient (Wildman–Crippen LogP) is 2.40. The van der Waals surface area contributed by atoms with Crippen LogP contribution in [0.5, 0.6) is 0 Å². The van der Waals surface area contributed by atoms with E-state index in [4.69, 9.17) is 0 Å². The number of amides is 2. The first kappa shape index (κ1) is 23.3. The molecule has 1 atom stereocenters. The Hall–Kier alpha value is -1.72. The largest absolute Gasteiger partial charge is 0.354 e. The third-order valence-corrected chi connectivity index (χ3v) is 3.83. The molecule has 0 aromatic heterocycles. The van der Waals surface area contributed by atoms with Gasteiger partial charge in [0.2, 0.25) is 11.8 Å². The molecule has 6 heteroatoms. The summed E-state index contributed by atoms with van der Waals surface area (Å²) in [6, 6.07) is -0.619. The molecule has 0 heterocycles. The lowest BCUT2D eigenvalue weighted by molar-refractivity contribution is -0.130. The molecule has 25 heavy (non-hydrogen) atoms. The monoisotopic (exact) mass is 354 g/mol. The number of rotatable bonds is 12. The molecule has 0 aromatic carbocycles. The molecule has 0 bridgehead atoms. The van der Waals surface area contributed by atoms with E-state index in [1.165, 1.54) is 0 Å². The third-order valence-electron chi connectivity index (χ3n) is 3.83. The summed E-state index contributed by atoms with van der Waals surface area (Å²) >= 11 is 0. The van der Waals surface area contributed by atoms with Crippen molar-refractivity contribution in [2.24, 2.45) is 11.8 Å². The van der Waals surface area contributed by atoms with Gasteiger partial charge in [0.05, 0.1) is 6.04 Å². The summed E-state index contributed by atoms with van der Waals surface area (Å²) in [5.41, 5.74) is 0. The minimum atomic E-state index is -0.661. The normalized spacial score (nSPS) is 12.4. The van der Waals surface area contributed by atoms with Crippen LogP contribution in [0.15, 0.2) is 0 Å². The third kappa shape index (κ3) is 10.7. The highest BCUT2D eigenvalue weighted by Gasteiger charge is 2.24. The van der Waals surface area contributed by atoms with Gasteiger partial charge in [-0.25, -0.2) is 0 Å². The van der Waals surface area contributed by atoms with Crippen molar-refractivity contribution in [3.05, 3.63) is 0 Å². The summed E-state index contributed by atoms with van der Waals surface area (Å²) in [5, 5.41) is 5.51. The van der Waals surface area contributed by atoms with Crippen molar-refractivity contribution < 1.29 is 19.2 Å². The number of hydrogen-bond acceptors (Lipinski definition) is 4. The Kier molecular flexibility index (Phi) is 11.0. The van der Waals surface area contributed by atoms with Gasteiger partial charge in [-0.05, 0) is 26.7 Å². The van der Waals surface area contributed by atoms with Gasteiger partial charge in [-0.15, -0.1) is 0 Å². The molecule has 144 valence electrons. The van der Waals surface area contributed by atoms with Crippen LogP contribution in [0.3, 0.4) is 0 Å².